The summed E-state index contributed by atoms with van der Waals surface area (Å²) in [4.78, 5) is 39.8. The number of carbonyl (C=O) groups excluding carboxylic acids is 1. The van der Waals surface area contributed by atoms with Crippen LogP contribution in [0.15, 0.2) is 0 Å². The van der Waals surface area contributed by atoms with E-state index in [0.29, 0.717) is 0 Å². The minimum atomic E-state index is -1.82. The zero-order valence-corrected chi connectivity index (χ0v) is 6.15. The molecule has 11 nitrogen and oxygen atoms in total. The zero-order chi connectivity index (χ0) is 11.6. The van der Waals surface area contributed by atoms with Gasteiger partial charge in [-0.2, -0.15) is 25.1 Å². The summed E-state index contributed by atoms with van der Waals surface area (Å²) in [6.07, 6.45) is -5.16. The summed E-state index contributed by atoms with van der Waals surface area (Å²) in [5, 5.41) is 29.3. The summed E-state index contributed by atoms with van der Waals surface area (Å²) in [5.41, 5.74) is 0. The number of rotatable bonds is 0. The molecular weight excluding hydrogens is 212 g/mol. The fraction of sp³-hybridized carbons (Fsp3) is 0. The van der Waals surface area contributed by atoms with Crippen LogP contribution in [0.4, 0.5) is 14.4 Å². The van der Waals surface area contributed by atoms with Gasteiger partial charge in [0, 0.05) is 0 Å². The molecule has 0 unspecified atom stereocenters. The van der Waals surface area contributed by atoms with Gasteiger partial charge in [0.25, 0.3) is 0 Å². The first-order chi connectivity index (χ1) is 6.43. The average Bonchev–Trinajstić information content (AvgIpc) is 2.14. The van der Waals surface area contributed by atoms with Crippen molar-refractivity contribution >= 4 is 18.5 Å². The lowest BCUT2D eigenvalue weighted by Gasteiger charge is -1.92. The first kappa shape index (κ1) is 14.3. The molecule has 0 heterocycles. The molecule has 0 aromatic carbocycles. The lowest BCUT2D eigenvalue weighted by Crippen LogP contribution is -2.08. The third kappa shape index (κ3) is 16.4. The number of hydrogen-bond donors (Lipinski definition) is 4. The van der Waals surface area contributed by atoms with Crippen molar-refractivity contribution in [3.05, 3.63) is 0 Å². The van der Waals surface area contributed by atoms with Gasteiger partial charge in [-0.1, -0.05) is 0 Å². The third-order valence-corrected chi connectivity index (χ3v) is 0.334. The van der Waals surface area contributed by atoms with Crippen molar-refractivity contribution in [2.75, 3.05) is 0 Å². The fourth-order valence-corrected chi connectivity index (χ4v) is 0.0849. The molecule has 0 aliphatic heterocycles. The van der Waals surface area contributed by atoms with Crippen LogP contribution in [0.3, 0.4) is 0 Å². The number of carboxylic acid groups (broad SMARTS) is 2. The van der Waals surface area contributed by atoms with E-state index in [2.05, 4.69) is 19.6 Å². The molecule has 0 fully saturated rings. The Labute approximate surface area is 74.4 Å². The predicted molar refractivity (Wildman–Crippen MR) is 31.0 cm³/mol. The maximum atomic E-state index is 9.63. The molecule has 11 heteroatoms. The van der Waals surface area contributed by atoms with Crippen LogP contribution in [0.2, 0.25) is 0 Å². The van der Waals surface area contributed by atoms with Gasteiger partial charge in [0.05, 0.1) is 0 Å². The maximum absolute atomic E-state index is 9.63. The molecule has 0 radical (unpaired) electrons. The van der Waals surface area contributed by atoms with Crippen molar-refractivity contribution in [1.82, 2.24) is 0 Å². The molecule has 0 bridgehead atoms. The van der Waals surface area contributed by atoms with Crippen LogP contribution < -0.4 is 0 Å². The minimum absolute atomic E-state index is 1.66. The van der Waals surface area contributed by atoms with Crippen LogP contribution >= 0.6 is 0 Å². The third-order valence-electron chi connectivity index (χ3n) is 0.334. The van der Waals surface area contributed by atoms with Gasteiger partial charge in [-0.25, -0.2) is 9.59 Å². The molecule has 14 heavy (non-hydrogen) atoms. The van der Waals surface area contributed by atoms with E-state index >= 15 is 0 Å². The molecule has 4 N–H and O–H groups in total. The largest absolute Gasteiger partial charge is 0.582 e. The van der Waals surface area contributed by atoms with E-state index in [-0.39, 0.29) is 0 Å². The molecule has 82 valence electrons. The van der Waals surface area contributed by atoms with Crippen molar-refractivity contribution < 1.29 is 54.7 Å². The van der Waals surface area contributed by atoms with Gasteiger partial charge in [-0.15, -0.1) is 0 Å². The summed E-state index contributed by atoms with van der Waals surface area (Å²) in [5.74, 6) is 0. The molecule has 0 atom stereocenters. The second kappa shape index (κ2) is 8.82. The van der Waals surface area contributed by atoms with E-state index < -0.39 is 18.5 Å². The molecule has 0 amide bonds. The van der Waals surface area contributed by atoms with E-state index in [4.69, 9.17) is 25.5 Å². The van der Waals surface area contributed by atoms with Gasteiger partial charge in [0.2, 0.25) is 0 Å². The lowest BCUT2D eigenvalue weighted by atomic mass is 11.4. The maximum Gasteiger partial charge on any atom is 0.582 e. The highest BCUT2D eigenvalue weighted by molar-refractivity contribution is 5.61. The second-order valence-corrected chi connectivity index (χ2v) is 1.13. The summed E-state index contributed by atoms with van der Waals surface area (Å²) in [6, 6.07) is 0. The molecule has 0 aliphatic rings. The Bertz CT molecular complexity index is 195. The topological polar surface area (TPSA) is 169 Å². The average molecular weight is 216 g/mol. The van der Waals surface area contributed by atoms with Gasteiger partial charge in [0.15, 0.2) is 0 Å². The molecule has 0 aromatic rings. The molecule has 0 aliphatic carbocycles. The van der Waals surface area contributed by atoms with Crippen LogP contribution in [0.1, 0.15) is 0 Å². The number of carbonyl (C=O) groups is 3. The number of hydrogen-bond acceptors (Lipinski definition) is 9. The molecular formula is C3H4O11. The second-order valence-electron chi connectivity index (χ2n) is 1.13. The van der Waals surface area contributed by atoms with Crippen LogP contribution in [0.5, 0.6) is 0 Å². The molecule has 0 rings (SSSR count). The van der Waals surface area contributed by atoms with E-state index in [1.807, 2.05) is 0 Å². The van der Waals surface area contributed by atoms with Crippen LogP contribution in [0, 0.1) is 0 Å². The van der Waals surface area contributed by atoms with E-state index in [9.17, 15) is 9.59 Å². The fourth-order valence-electron chi connectivity index (χ4n) is 0.0849. The quantitative estimate of drug-likeness (QED) is 0.325. The van der Waals surface area contributed by atoms with Gasteiger partial charge in [-0.3, -0.25) is 9.78 Å². The molecule has 0 spiro atoms. The molecule has 0 saturated heterocycles. The Morgan fingerprint density at radius 3 is 1.43 bits per heavy atom. The van der Waals surface area contributed by atoms with Crippen LogP contribution in [0.25, 0.3) is 0 Å². The predicted octanol–water partition coefficient (Wildman–Crippen LogP) is 0.376. The van der Waals surface area contributed by atoms with Gasteiger partial charge in [0.1, 0.15) is 0 Å². The summed E-state index contributed by atoms with van der Waals surface area (Å²) in [7, 11) is 0. The van der Waals surface area contributed by atoms with Crippen molar-refractivity contribution in [3.63, 3.8) is 0 Å². The smallest absolute Gasteiger partial charge is 0.448 e. The van der Waals surface area contributed by atoms with Crippen LogP contribution in [-0.2, 0) is 19.6 Å². The Kier molecular flexibility index (Phi) is 8.99. The highest BCUT2D eigenvalue weighted by Crippen LogP contribution is 1.83. The SMILES string of the molecule is O=C(O)OO.O=C(O)OOC(=O)OO. The zero-order valence-electron chi connectivity index (χ0n) is 6.15. The normalized spacial score (nSPS) is 7.29. The summed E-state index contributed by atoms with van der Waals surface area (Å²) in [6.45, 7) is 0. The minimum Gasteiger partial charge on any atom is -0.448 e. The Morgan fingerprint density at radius 1 is 0.786 bits per heavy atom. The van der Waals surface area contributed by atoms with Gasteiger partial charge in [-0.05, 0) is 0 Å². The van der Waals surface area contributed by atoms with Crippen molar-refractivity contribution in [2.24, 2.45) is 0 Å². The van der Waals surface area contributed by atoms with Crippen molar-refractivity contribution in [2.45, 2.75) is 0 Å². The Balaban J connectivity index is 0. The summed E-state index contributed by atoms with van der Waals surface area (Å²) < 4.78 is 0. The molecule has 0 aromatic heterocycles. The first-order valence-corrected chi connectivity index (χ1v) is 2.41. The van der Waals surface area contributed by atoms with Crippen molar-refractivity contribution in [3.8, 4) is 0 Å². The van der Waals surface area contributed by atoms with E-state index in [1.54, 1.807) is 0 Å². The highest BCUT2D eigenvalue weighted by Gasteiger charge is 2.06. The van der Waals surface area contributed by atoms with Crippen LogP contribution in [-0.4, -0.2) is 39.2 Å². The van der Waals surface area contributed by atoms with Gasteiger partial charge >= 0.3 is 18.5 Å². The molecule has 0 saturated carbocycles. The van der Waals surface area contributed by atoms with E-state index in [0.717, 1.165) is 0 Å². The Morgan fingerprint density at radius 2 is 1.21 bits per heavy atom. The van der Waals surface area contributed by atoms with E-state index in [1.165, 1.54) is 0 Å². The lowest BCUT2D eigenvalue weighted by molar-refractivity contribution is -0.274. The monoisotopic (exact) mass is 216 g/mol. The summed E-state index contributed by atoms with van der Waals surface area (Å²) >= 11 is 0. The standard InChI is InChI=1S/C2H2O7.CH2O4/c3-1(4)8-9-2(5)7-6;2-1(3)5-4/h6H,(H,3,4);4H,(H,2,3). The first-order valence-electron chi connectivity index (χ1n) is 2.41. The van der Waals surface area contributed by atoms with Crippen molar-refractivity contribution in [1.29, 1.82) is 0 Å². The highest BCUT2D eigenvalue weighted by atomic mass is 17.3. The van der Waals surface area contributed by atoms with Gasteiger partial charge < -0.3 is 10.2 Å². The Hall–Kier alpha value is -2.27.